The summed E-state index contributed by atoms with van der Waals surface area (Å²) in [6.45, 7) is 0. The molecule has 1 rings (SSSR count). The molecular weight excluding hydrogens is 177 g/mol. The minimum absolute atomic E-state index is 0.0809. The van der Waals surface area contributed by atoms with Crippen LogP contribution in [0.2, 0.25) is 0 Å². The minimum atomic E-state index is 0.0809. The van der Waals surface area contributed by atoms with E-state index in [1.807, 2.05) is 0 Å². The molecule has 0 fully saturated rings. The topological polar surface area (TPSA) is 30.0 Å². The van der Waals surface area contributed by atoms with Crippen molar-refractivity contribution in [2.24, 2.45) is 0 Å². The fraction of sp³-hybridized carbons (Fsp3) is 0. The Bertz CT molecular complexity index is 210. The van der Waals surface area contributed by atoms with Crippen LogP contribution in [0.1, 0.15) is 10.4 Å². The summed E-state index contributed by atoms with van der Waals surface area (Å²) < 4.78 is 0.0809. The molecule has 0 aliphatic rings. The van der Waals surface area contributed by atoms with E-state index in [1.165, 1.54) is 16.9 Å². The number of hydrogen-bond donors (Lipinski definition) is 0. The van der Waals surface area contributed by atoms with Crippen molar-refractivity contribution in [1.29, 1.82) is 0 Å². The third-order valence-electron chi connectivity index (χ3n) is 0.943. The summed E-state index contributed by atoms with van der Waals surface area (Å²) in [5.41, 5.74) is 0.713. The Labute approximate surface area is 61.8 Å². The standard InChI is InChI=1S/C6H5AsNO/c7-6(9)5-1-3-8-4-2-5/h1-4,7H. The van der Waals surface area contributed by atoms with Crippen LogP contribution in [-0.2, 0) is 0 Å². The molecule has 0 atom stereocenters. The fourth-order valence-electron chi connectivity index (χ4n) is 0.503. The van der Waals surface area contributed by atoms with E-state index >= 15 is 0 Å². The van der Waals surface area contributed by atoms with Gasteiger partial charge in [0.2, 0.25) is 0 Å². The summed E-state index contributed by atoms with van der Waals surface area (Å²) in [4.78, 5) is 14.4. The molecule has 1 radical (unpaired) electrons. The van der Waals surface area contributed by atoms with Gasteiger partial charge in [0.25, 0.3) is 0 Å². The van der Waals surface area contributed by atoms with Crippen molar-refractivity contribution in [3.8, 4) is 0 Å². The van der Waals surface area contributed by atoms with Gasteiger partial charge >= 0.3 is 61.3 Å². The van der Waals surface area contributed by atoms with Crippen LogP contribution >= 0.6 is 0 Å². The average Bonchev–Trinajstić information content (AvgIpc) is 1.90. The molecule has 0 N–H and O–H groups in total. The molecule has 3 heteroatoms. The SMILES string of the molecule is O=C([AsH])c1ccncc1. The molecule has 1 aromatic heterocycles. The zero-order valence-corrected chi connectivity index (χ0v) is 6.76. The van der Waals surface area contributed by atoms with Gasteiger partial charge in [0.1, 0.15) is 0 Å². The van der Waals surface area contributed by atoms with Crippen LogP contribution in [-0.4, -0.2) is 26.4 Å². The van der Waals surface area contributed by atoms with Crippen LogP contribution in [0.25, 0.3) is 0 Å². The van der Waals surface area contributed by atoms with Gasteiger partial charge in [-0.05, 0) is 0 Å². The Morgan fingerprint density at radius 2 is 2.00 bits per heavy atom. The van der Waals surface area contributed by atoms with Crippen LogP contribution in [0.15, 0.2) is 24.5 Å². The summed E-state index contributed by atoms with van der Waals surface area (Å²) in [6, 6.07) is 3.39. The third kappa shape index (κ3) is 1.65. The van der Waals surface area contributed by atoms with E-state index in [2.05, 4.69) is 4.98 Å². The van der Waals surface area contributed by atoms with Crippen LogP contribution < -0.4 is 0 Å². The Kier molecular flexibility index (Phi) is 2.01. The average molecular weight is 182 g/mol. The van der Waals surface area contributed by atoms with Gasteiger partial charge in [-0.3, -0.25) is 0 Å². The van der Waals surface area contributed by atoms with Gasteiger partial charge < -0.3 is 0 Å². The Morgan fingerprint density at radius 1 is 1.44 bits per heavy atom. The number of nitrogens with zero attached hydrogens (tertiary/aromatic N) is 1. The Hall–Kier alpha value is -0.622. The number of rotatable bonds is 1. The van der Waals surface area contributed by atoms with Crippen molar-refractivity contribution in [3.05, 3.63) is 30.1 Å². The molecule has 0 spiro atoms. The molecule has 0 aliphatic carbocycles. The molecule has 0 bridgehead atoms. The summed E-state index contributed by atoms with van der Waals surface area (Å²) >= 11 is 1.54. The molecular formula is C6H5AsNO. The van der Waals surface area contributed by atoms with E-state index in [4.69, 9.17) is 0 Å². The van der Waals surface area contributed by atoms with Gasteiger partial charge in [0, 0.05) is 0 Å². The number of aromatic nitrogens is 1. The zero-order valence-electron chi connectivity index (χ0n) is 4.66. The molecule has 0 unspecified atom stereocenters. The number of carbonyl (C=O) groups is 1. The van der Waals surface area contributed by atoms with Crippen LogP contribution in [0.3, 0.4) is 0 Å². The molecule has 0 saturated heterocycles. The van der Waals surface area contributed by atoms with Crippen molar-refractivity contribution < 1.29 is 4.79 Å². The van der Waals surface area contributed by atoms with E-state index in [0.29, 0.717) is 5.56 Å². The summed E-state index contributed by atoms with van der Waals surface area (Å²) in [6.07, 6.45) is 3.22. The van der Waals surface area contributed by atoms with Gasteiger partial charge in [-0.1, -0.05) is 0 Å². The quantitative estimate of drug-likeness (QED) is 0.577. The van der Waals surface area contributed by atoms with Crippen LogP contribution in [0.5, 0.6) is 0 Å². The van der Waals surface area contributed by atoms with Gasteiger partial charge in [0.05, 0.1) is 0 Å². The van der Waals surface area contributed by atoms with Crippen molar-refractivity contribution in [3.63, 3.8) is 0 Å². The molecule has 45 valence electrons. The number of pyridine rings is 1. The zero-order chi connectivity index (χ0) is 6.69. The monoisotopic (exact) mass is 182 g/mol. The van der Waals surface area contributed by atoms with E-state index in [1.54, 1.807) is 24.5 Å². The van der Waals surface area contributed by atoms with Crippen molar-refractivity contribution in [1.82, 2.24) is 4.98 Å². The maximum absolute atomic E-state index is 10.6. The normalized spacial score (nSPS) is 9.00. The summed E-state index contributed by atoms with van der Waals surface area (Å²) in [7, 11) is 0. The van der Waals surface area contributed by atoms with Gasteiger partial charge in [0.15, 0.2) is 0 Å². The molecule has 0 aliphatic heterocycles. The van der Waals surface area contributed by atoms with E-state index in [0.717, 1.165) is 0 Å². The van der Waals surface area contributed by atoms with Crippen molar-refractivity contribution >= 4 is 21.4 Å². The third-order valence-corrected chi connectivity index (χ3v) is 1.55. The Morgan fingerprint density at radius 3 is 2.33 bits per heavy atom. The predicted octanol–water partition coefficient (Wildman–Crippen LogP) is 0.123. The molecule has 9 heavy (non-hydrogen) atoms. The van der Waals surface area contributed by atoms with Crippen LogP contribution in [0, 0.1) is 0 Å². The first-order chi connectivity index (χ1) is 4.30. The predicted molar refractivity (Wildman–Crippen MR) is 35.7 cm³/mol. The van der Waals surface area contributed by atoms with Gasteiger partial charge in [-0.25, -0.2) is 0 Å². The molecule has 1 heterocycles. The molecule has 1 aromatic rings. The molecule has 0 aromatic carbocycles. The first-order valence-electron chi connectivity index (χ1n) is 2.46. The second-order valence-electron chi connectivity index (χ2n) is 1.57. The van der Waals surface area contributed by atoms with E-state index in [-0.39, 0.29) is 4.57 Å². The second kappa shape index (κ2) is 2.79. The molecule has 0 saturated carbocycles. The van der Waals surface area contributed by atoms with Gasteiger partial charge in [-0.15, -0.1) is 0 Å². The number of carbonyl (C=O) groups excluding carboxylic acids is 1. The van der Waals surface area contributed by atoms with Crippen molar-refractivity contribution in [2.45, 2.75) is 0 Å². The van der Waals surface area contributed by atoms with E-state index in [9.17, 15) is 4.79 Å². The van der Waals surface area contributed by atoms with Crippen LogP contribution in [0.4, 0.5) is 0 Å². The first kappa shape index (κ1) is 6.50. The van der Waals surface area contributed by atoms with Crippen molar-refractivity contribution in [2.75, 3.05) is 0 Å². The second-order valence-corrected chi connectivity index (χ2v) is 2.52. The first-order valence-corrected chi connectivity index (χ1v) is 3.51. The molecule has 2 nitrogen and oxygen atoms in total. The summed E-state index contributed by atoms with van der Waals surface area (Å²) in [5, 5.41) is 0. The summed E-state index contributed by atoms with van der Waals surface area (Å²) in [5.74, 6) is 0. The fourth-order valence-corrected chi connectivity index (χ4v) is 0.853. The molecule has 0 amide bonds. The van der Waals surface area contributed by atoms with E-state index < -0.39 is 0 Å². The Balaban J connectivity index is 2.98. The maximum atomic E-state index is 10.6. The van der Waals surface area contributed by atoms with Gasteiger partial charge in [-0.2, -0.15) is 0 Å². The number of hydrogen-bond acceptors (Lipinski definition) is 2.